The number of ether oxygens (including phenoxy) is 1. The zero-order valence-electron chi connectivity index (χ0n) is 11.2. The van der Waals surface area contributed by atoms with E-state index in [-0.39, 0.29) is 18.1 Å². The molecule has 0 bridgehead atoms. The van der Waals surface area contributed by atoms with Gasteiger partial charge in [-0.05, 0) is 42.8 Å². The van der Waals surface area contributed by atoms with Gasteiger partial charge in [0.15, 0.2) is 5.78 Å². The number of halogens is 1. The van der Waals surface area contributed by atoms with Gasteiger partial charge in [-0.1, -0.05) is 0 Å². The first-order valence-corrected chi connectivity index (χ1v) is 6.13. The van der Waals surface area contributed by atoms with E-state index in [4.69, 9.17) is 4.74 Å². The molecule has 21 heavy (non-hydrogen) atoms. The van der Waals surface area contributed by atoms with Gasteiger partial charge in [0.25, 0.3) is 5.69 Å². The summed E-state index contributed by atoms with van der Waals surface area (Å²) in [5.74, 6) is -0.246. The number of carbonyl (C=O) groups excluding carboxylic acids is 1. The van der Waals surface area contributed by atoms with Gasteiger partial charge in [-0.15, -0.1) is 0 Å². The van der Waals surface area contributed by atoms with Crippen LogP contribution < -0.4 is 4.74 Å². The van der Waals surface area contributed by atoms with E-state index >= 15 is 0 Å². The van der Waals surface area contributed by atoms with Crippen LogP contribution in [-0.2, 0) is 6.61 Å². The molecule has 0 radical (unpaired) electrons. The van der Waals surface area contributed by atoms with Gasteiger partial charge in [0.1, 0.15) is 18.2 Å². The third-order valence-electron chi connectivity index (χ3n) is 2.82. The molecule has 5 nitrogen and oxygen atoms in total. The predicted octanol–water partition coefficient (Wildman–Crippen LogP) is 3.52. The van der Waals surface area contributed by atoms with Gasteiger partial charge < -0.3 is 4.74 Å². The number of non-ortho nitro benzene ring substituents is 1. The molecule has 0 atom stereocenters. The summed E-state index contributed by atoms with van der Waals surface area (Å²) in [6, 6.07) is 9.75. The van der Waals surface area contributed by atoms with E-state index in [9.17, 15) is 19.3 Å². The van der Waals surface area contributed by atoms with Gasteiger partial charge in [-0.2, -0.15) is 0 Å². The Balaban J connectivity index is 2.09. The molecular formula is C15H12FNO4. The first-order chi connectivity index (χ1) is 9.95. The third-order valence-corrected chi connectivity index (χ3v) is 2.82. The molecule has 2 aromatic carbocycles. The van der Waals surface area contributed by atoms with Crippen LogP contribution in [0.3, 0.4) is 0 Å². The molecule has 0 N–H and O–H groups in total. The highest BCUT2D eigenvalue weighted by atomic mass is 19.1. The maximum Gasteiger partial charge on any atom is 0.272 e. The summed E-state index contributed by atoms with van der Waals surface area (Å²) >= 11 is 0. The van der Waals surface area contributed by atoms with E-state index in [1.165, 1.54) is 19.1 Å². The van der Waals surface area contributed by atoms with Crippen LogP contribution in [0.4, 0.5) is 10.1 Å². The largest absolute Gasteiger partial charge is 0.489 e. The number of Topliss-reactive ketones (excluding diaryl/α,β-unsaturated/α-hetero) is 1. The fourth-order valence-electron chi connectivity index (χ4n) is 1.77. The lowest BCUT2D eigenvalue weighted by molar-refractivity contribution is -0.385. The Morgan fingerprint density at radius 1 is 1.24 bits per heavy atom. The van der Waals surface area contributed by atoms with Crippen LogP contribution in [-0.4, -0.2) is 10.7 Å². The Morgan fingerprint density at radius 2 is 1.90 bits per heavy atom. The molecule has 0 aliphatic carbocycles. The van der Waals surface area contributed by atoms with Gasteiger partial charge >= 0.3 is 0 Å². The Morgan fingerprint density at radius 3 is 2.48 bits per heavy atom. The van der Waals surface area contributed by atoms with E-state index in [0.717, 1.165) is 6.07 Å². The highest BCUT2D eigenvalue weighted by Gasteiger charge is 2.10. The van der Waals surface area contributed by atoms with Crippen LogP contribution in [0.5, 0.6) is 5.75 Å². The van der Waals surface area contributed by atoms with Crippen LogP contribution in [0.1, 0.15) is 22.8 Å². The number of benzene rings is 2. The average Bonchev–Trinajstić information content (AvgIpc) is 2.45. The first-order valence-electron chi connectivity index (χ1n) is 6.13. The van der Waals surface area contributed by atoms with Crippen molar-refractivity contribution in [3.05, 3.63) is 69.5 Å². The number of carbonyl (C=O) groups is 1. The van der Waals surface area contributed by atoms with Gasteiger partial charge in [0, 0.05) is 11.6 Å². The van der Waals surface area contributed by atoms with Crippen LogP contribution in [0, 0.1) is 15.9 Å². The predicted molar refractivity (Wildman–Crippen MR) is 73.8 cm³/mol. The van der Waals surface area contributed by atoms with Crippen molar-refractivity contribution in [2.75, 3.05) is 0 Å². The molecule has 0 aromatic heterocycles. The van der Waals surface area contributed by atoms with E-state index in [1.807, 2.05) is 0 Å². The van der Waals surface area contributed by atoms with Crippen LogP contribution in [0.2, 0.25) is 0 Å². The van der Waals surface area contributed by atoms with E-state index in [1.54, 1.807) is 24.3 Å². The molecule has 0 saturated carbocycles. The second-order valence-electron chi connectivity index (χ2n) is 4.44. The molecule has 108 valence electrons. The molecule has 0 heterocycles. The number of hydrogen-bond acceptors (Lipinski definition) is 4. The van der Waals surface area contributed by atoms with Crippen molar-refractivity contribution >= 4 is 11.5 Å². The molecule has 0 saturated heterocycles. The Bertz CT molecular complexity index is 683. The molecule has 0 unspecified atom stereocenters. The molecule has 0 amide bonds. The molecule has 2 rings (SSSR count). The minimum Gasteiger partial charge on any atom is -0.489 e. The highest BCUT2D eigenvalue weighted by Crippen LogP contribution is 2.19. The van der Waals surface area contributed by atoms with Crippen molar-refractivity contribution < 1.29 is 18.8 Å². The summed E-state index contributed by atoms with van der Waals surface area (Å²) in [5, 5.41) is 10.6. The lowest BCUT2D eigenvalue weighted by Gasteiger charge is -2.07. The lowest BCUT2D eigenvalue weighted by atomic mass is 10.1. The van der Waals surface area contributed by atoms with E-state index in [0.29, 0.717) is 16.9 Å². The zero-order valence-corrected chi connectivity index (χ0v) is 11.2. The number of nitrogens with zero attached hydrogens (tertiary/aromatic N) is 1. The van der Waals surface area contributed by atoms with Gasteiger partial charge in [-0.25, -0.2) is 4.39 Å². The molecule has 2 aromatic rings. The van der Waals surface area contributed by atoms with Crippen molar-refractivity contribution in [1.82, 2.24) is 0 Å². The fraction of sp³-hybridized carbons (Fsp3) is 0.133. The third kappa shape index (κ3) is 3.85. The van der Waals surface area contributed by atoms with E-state index in [2.05, 4.69) is 0 Å². The summed E-state index contributed by atoms with van der Waals surface area (Å²) in [4.78, 5) is 21.1. The van der Waals surface area contributed by atoms with Crippen molar-refractivity contribution in [2.24, 2.45) is 0 Å². The molecule has 0 fully saturated rings. The quantitative estimate of drug-likeness (QED) is 0.480. The topological polar surface area (TPSA) is 69.4 Å². The number of nitro benzene ring substituents is 1. The summed E-state index contributed by atoms with van der Waals surface area (Å²) in [6.07, 6.45) is 0. The fourth-order valence-corrected chi connectivity index (χ4v) is 1.77. The number of rotatable bonds is 5. The van der Waals surface area contributed by atoms with Crippen molar-refractivity contribution in [3.63, 3.8) is 0 Å². The number of ketones is 1. The number of hydrogen-bond donors (Lipinski definition) is 0. The smallest absolute Gasteiger partial charge is 0.272 e. The van der Waals surface area contributed by atoms with Gasteiger partial charge in [-0.3, -0.25) is 14.9 Å². The summed E-state index contributed by atoms with van der Waals surface area (Å²) in [7, 11) is 0. The van der Waals surface area contributed by atoms with E-state index < -0.39 is 10.7 Å². The Labute approximate surface area is 120 Å². The molecule has 0 spiro atoms. The maximum absolute atomic E-state index is 13.3. The minimum absolute atomic E-state index is 0.00197. The number of nitro groups is 1. The molecule has 6 heteroatoms. The molecular weight excluding hydrogens is 277 g/mol. The van der Waals surface area contributed by atoms with Crippen molar-refractivity contribution in [1.29, 1.82) is 0 Å². The monoisotopic (exact) mass is 289 g/mol. The first kappa shape index (κ1) is 14.6. The summed E-state index contributed by atoms with van der Waals surface area (Å²) < 4.78 is 18.7. The van der Waals surface area contributed by atoms with Crippen LogP contribution in [0.25, 0.3) is 0 Å². The standard InChI is InChI=1S/C15H12FNO4/c1-10(18)12-2-4-15(5-3-12)21-9-11-6-13(16)8-14(7-11)17(19)20/h2-8H,9H2,1H3. The Kier molecular flexibility index (Phi) is 4.27. The average molecular weight is 289 g/mol. The minimum atomic E-state index is -0.685. The normalized spacial score (nSPS) is 10.2. The zero-order chi connectivity index (χ0) is 15.4. The van der Waals surface area contributed by atoms with Crippen molar-refractivity contribution in [3.8, 4) is 5.75 Å². The summed E-state index contributed by atoms with van der Waals surface area (Å²) in [6.45, 7) is 1.46. The second kappa shape index (κ2) is 6.13. The van der Waals surface area contributed by atoms with Crippen LogP contribution >= 0.6 is 0 Å². The lowest BCUT2D eigenvalue weighted by Crippen LogP contribution is -1.99. The maximum atomic E-state index is 13.3. The van der Waals surface area contributed by atoms with Gasteiger partial charge in [0.2, 0.25) is 0 Å². The SMILES string of the molecule is CC(=O)c1ccc(OCc2cc(F)cc([N+](=O)[O-])c2)cc1. The molecule has 0 aliphatic rings. The summed E-state index contributed by atoms with van der Waals surface area (Å²) in [5.41, 5.74) is 0.599. The molecule has 0 aliphatic heterocycles. The highest BCUT2D eigenvalue weighted by molar-refractivity contribution is 5.94. The second-order valence-corrected chi connectivity index (χ2v) is 4.44. The van der Waals surface area contributed by atoms with Crippen molar-refractivity contribution in [2.45, 2.75) is 13.5 Å². The van der Waals surface area contributed by atoms with Crippen LogP contribution in [0.15, 0.2) is 42.5 Å². The van der Waals surface area contributed by atoms with Gasteiger partial charge in [0.05, 0.1) is 11.0 Å². The Hall–Kier alpha value is -2.76.